The Morgan fingerprint density at radius 1 is 1.29 bits per heavy atom. The first-order chi connectivity index (χ1) is 6.66. The van der Waals surface area contributed by atoms with Gasteiger partial charge in [0, 0.05) is 16.6 Å². The molecule has 0 bridgehead atoms. The van der Waals surface area contributed by atoms with Crippen LogP contribution >= 0.6 is 11.3 Å². The zero-order valence-corrected chi connectivity index (χ0v) is 9.06. The summed E-state index contributed by atoms with van der Waals surface area (Å²) in [6.45, 7) is 4.01. The Balaban J connectivity index is 2.47. The summed E-state index contributed by atoms with van der Waals surface area (Å²) < 4.78 is 0. The van der Waals surface area contributed by atoms with Gasteiger partial charge < -0.3 is 5.73 Å². The Morgan fingerprint density at radius 3 is 2.64 bits per heavy atom. The number of nitrogens with zero attached hydrogens (tertiary/aromatic N) is 1. The van der Waals surface area contributed by atoms with E-state index in [9.17, 15) is 0 Å². The van der Waals surface area contributed by atoms with Gasteiger partial charge >= 0.3 is 0 Å². The second-order valence-corrected chi connectivity index (χ2v) is 4.39. The average Bonchev–Trinajstić information content (AvgIpc) is 2.57. The van der Waals surface area contributed by atoms with Crippen LogP contribution in [-0.4, -0.2) is 4.98 Å². The highest BCUT2D eigenvalue weighted by Gasteiger charge is 2.03. The Hall–Kier alpha value is -1.35. The van der Waals surface area contributed by atoms with E-state index in [-0.39, 0.29) is 0 Å². The van der Waals surface area contributed by atoms with Crippen molar-refractivity contribution in [2.45, 2.75) is 13.8 Å². The number of aromatic nitrogens is 1. The summed E-state index contributed by atoms with van der Waals surface area (Å²) in [4.78, 5) is 4.41. The van der Waals surface area contributed by atoms with Gasteiger partial charge in [0.25, 0.3) is 0 Å². The zero-order valence-electron chi connectivity index (χ0n) is 8.24. The van der Waals surface area contributed by atoms with E-state index in [0.717, 1.165) is 27.5 Å². The van der Waals surface area contributed by atoms with Crippen LogP contribution in [0, 0.1) is 13.8 Å². The first-order valence-electron chi connectivity index (χ1n) is 4.45. The summed E-state index contributed by atoms with van der Waals surface area (Å²) in [6.07, 6.45) is 0. The van der Waals surface area contributed by atoms with E-state index in [4.69, 9.17) is 5.73 Å². The van der Waals surface area contributed by atoms with Gasteiger partial charge in [0.15, 0.2) is 0 Å². The van der Waals surface area contributed by atoms with Crippen molar-refractivity contribution < 1.29 is 0 Å². The number of benzene rings is 1. The summed E-state index contributed by atoms with van der Waals surface area (Å²) in [5.41, 5.74) is 9.89. The molecule has 72 valence electrons. The number of hydrogen-bond acceptors (Lipinski definition) is 3. The van der Waals surface area contributed by atoms with Crippen molar-refractivity contribution in [3.05, 3.63) is 34.2 Å². The van der Waals surface area contributed by atoms with Crippen molar-refractivity contribution in [1.29, 1.82) is 0 Å². The molecule has 2 aromatic rings. The Kier molecular flexibility index (Phi) is 2.25. The predicted octanol–water partition coefficient (Wildman–Crippen LogP) is 3.01. The number of aryl methyl sites for hydroxylation is 2. The van der Waals surface area contributed by atoms with Crippen LogP contribution in [0.5, 0.6) is 0 Å². The Labute approximate surface area is 87.4 Å². The third kappa shape index (κ3) is 1.63. The summed E-state index contributed by atoms with van der Waals surface area (Å²) in [5.74, 6) is 0. The molecule has 0 radical (unpaired) electrons. The van der Waals surface area contributed by atoms with Gasteiger partial charge in [0.05, 0.1) is 10.7 Å². The summed E-state index contributed by atoms with van der Waals surface area (Å²) >= 11 is 1.66. The van der Waals surface area contributed by atoms with E-state index in [0.29, 0.717) is 0 Å². The van der Waals surface area contributed by atoms with Gasteiger partial charge in [-0.05, 0) is 25.5 Å². The molecular weight excluding hydrogens is 192 g/mol. The third-order valence-corrected chi connectivity index (χ3v) is 2.97. The molecule has 0 aliphatic carbocycles. The molecule has 2 N–H and O–H groups in total. The molecule has 0 unspecified atom stereocenters. The average molecular weight is 204 g/mol. The highest BCUT2D eigenvalue weighted by atomic mass is 32.1. The molecule has 0 spiro atoms. The van der Waals surface area contributed by atoms with Crippen LogP contribution in [0.2, 0.25) is 0 Å². The molecule has 2 nitrogen and oxygen atoms in total. The van der Waals surface area contributed by atoms with Gasteiger partial charge in [-0.25, -0.2) is 4.98 Å². The van der Waals surface area contributed by atoms with E-state index in [1.165, 1.54) is 0 Å². The lowest BCUT2D eigenvalue weighted by Crippen LogP contribution is -1.89. The van der Waals surface area contributed by atoms with Crippen molar-refractivity contribution in [3.8, 4) is 11.3 Å². The van der Waals surface area contributed by atoms with E-state index in [1.54, 1.807) is 11.3 Å². The quantitative estimate of drug-likeness (QED) is 0.725. The number of rotatable bonds is 1. The van der Waals surface area contributed by atoms with Gasteiger partial charge in [-0.15, -0.1) is 11.3 Å². The Morgan fingerprint density at radius 2 is 2.07 bits per heavy atom. The molecule has 0 saturated heterocycles. The van der Waals surface area contributed by atoms with Gasteiger partial charge in [-0.3, -0.25) is 0 Å². The van der Waals surface area contributed by atoms with Crippen LogP contribution in [0.15, 0.2) is 23.6 Å². The maximum atomic E-state index is 5.84. The first kappa shape index (κ1) is 9.21. The minimum Gasteiger partial charge on any atom is -0.398 e. The topological polar surface area (TPSA) is 38.9 Å². The molecule has 14 heavy (non-hydrogen) atoms. The van der Waals surface area contributed by atoms with E-state index in [2.05, 4.69) is 16.4 Å². The number of nitrogens with two attached hydrogens (primary N) is 1. The van der Waals surface area contributed by atoms with E-state index in [1.807, 2.05) is 26.0 Å². The van der Waals surface area contributed by atoms with E-state index >= 15 is 0 Å². The summed E-state index contributed by atoms with van der Waals surface area (Å²) in [5, 5.41) is 3.14. The van der Waals surface area contributed by atoms with Crippen LogP contribution in [0.3, 0.4) is 0 Å². The molecule has 0 aliphatic heterocycles. The number of thiazole rings is 1. The highest BCUT2D eigenvalue weighted by molar-refractivity contribution is 7.09. The molecule has 0 saturated carbocycles. The van der Waals surface area contributed by atoms with Gasteiger partial charge in [-0.1, -0.05) is 12.1 Å². The minimum atomic E-state index is 0.827. The summed E-state index contributed by atoms with van der Waals surface area (Å²) in [6, 6.07) is 6.06. The van der Waals surface area contributed by atoms with Crippen molar-refractivity contribution >= 4 is 17.0 Å². The SMILES string of the molecule is Cc1nc(-c2ccc(C)c(N)c2)cs1. The normalized spacial score (nSPS) is 10.4. The molecule has 0 aliphatic rings. The number of anilines is 1. The Bertz CT molecular complexity index is 460. The van der Waals surface area contributed by atoms with Crippen molar-refractivity contribution in [2.75, 3.05) is 5.73 Å². The molecule has 1 heterocycles. The summed E-state index contributed by atoms with van der Waals surface area (Å²) in [7, 11) is 0. The molecule has 1 aromatic heterocycles. The molecule has 3 heteroatoms. The fourth-order valence-electron chi connectivity index (χ4n) is 1.30. The van der Waals surface area contributed by atoms with Crippen LogP contribution in [-0.2, 0) is 0 Å². The van der Waals surface area contributed by atoms with E-state index < -0.39 is 0 Å². The standard InChI is InChI=1S/C11H12N2S/c1-7-3-4-9(5-10(7)12)11-6-14-8(2)13-11/h3-6H,12H2,1-2H3. The monoisotopic (exact) mass is 204 g/mol. The molecule has 2 rings (SSSR count). The maximum Gasteiger partial charge on any atom is 0.0901 e. The molecule has 0 fully saturated rings. The first-order valence-corrected chi connectivity index (χ1v) is 5.33. The maximum absolute atomic E-state index is 5.84. The smallest absolute Gasteiger partial charge is 0.0901 e. The molecular formula is C11H12N2S. The zero-order chi connectivity index (χ0) is 10.1. The van der Waals surface area contributed by atoms with Gasteiger partial charge in [-0.2, -0.15) is 0 Å². The lowest BCUT2D eigenvalue weighted by atomic mass is 10.1. The minimum absolute atomic E-state index is 0.827. The molecule has 0 amide bonds. The molecule has 1 aromatic carbocycles. The second kappa shape index (κ2) is 3.42. The predicted molar refractivity (Wildman–Crippen MR) is 61.4 cm³/mol. The lowest BCUT2D eigenvalue weighted by molar-refractivity contribution is 1.30. The van der Waals surface area contributed by atoms with Crippen molar-refractivity contribution in [2.24, 2.45) is 0 Å². The van der Waals surface area contributed by atoms with Crippen molar-refractivity contribution in [1.82, 2.24) is 4.98 Å². The number of nitrogen functional groups attached to an aromatic ring is 1. The van der Waals surface area contributed by atoms with Crippen LogP contribution < -0.4 is 5.73 Å². The van der Waals surface area contributed by atoms with Crippen LogP contribution in [0.25, 0.3) is 11.3 Å². The number of hydrogen-bond donors (Lipinski definition) is 1. The van der Waals surface area contributed by atoms with Gasteiger partial charge in [0.2, 0.25) is 0 Å². The molecule has 0 atom stereocenters. The lowest BCUT2D eigenvalue weighted by Gasteiger charge is -2.01. The highest BCUT2D eigenvalue weighted by Crippen LogP contribution is 2.24. The third-order valence-electron chi connectivity index (χ3n) is 2.19. The van der Waals surface area contributed by atoms with Crippen molar-refractivity contribution in [3.63, 3.8) is 0 Å². The largest absolute Gasteiger partial charge is 0.398 e. The fourth-order valence-corrected chi connectivity index (χ4v) is 1.92. The fraction of sp³-hybridized carbons (Fsp3) is 0.182. The second-order valence-electron chi connectivity index (χ2n) is 3.32. The van der Waals surface area contributed by atoms with Gasteiger partial charge in [0.1, 0.15) is 0 Å². The van der Waals surface area contributed by atoms with Crippen LogP contribution in [0.4, 0.5) is 5.69 Å². The van der Waals surface area contributed by atoms with Crippen LogP contribution in [0.1, 0.15) is 10.6 Å².